The molecule has 1 aliphatic rings. The molecule has 68 valence electrons. The summed E-state index contributed by atoms with van der Waals surface area (Å²) >= 11 is 1.42. The summed E-state index contributed by atoms with van der Waals surface area (Å²) in [6.45, 7) is 0. The van der Waals surface area contributed by atoms with Crippen LogP contribution < -0.4 is 0 Å². The minimum Gasteiger partial charge on any atom is -0.480 e. The van der Waals surface area contributed by atoms with Crippen molar-refractivity contribution in [1.82, 2.24) is 9.97 Å². The van der Waals surface area contributed by atoms with Crippen molar-refractivity contribution in [2.24, 2.45) is 0 Å². The quantitative estimate of drug-likeness (QED) is 0.717. The van der Waals surface area contributed by atoms with Crippen LogP contribution in [0.25, 0.3) is 0 Å². The summed E-state index contributed by atoms with van der Waals surface area (Å²) in [5.41, 5.74) is 1.94. The fourth-order valence-electron chi connectivity index (χ4n) is 1.28. The predicted octanol–water partition coefficient (Wildman–Crippen LogP) is 0.719. The molecule has 0 aliphatic carbocycles. The molecule has 0 aromatic carbocycles. The molecule has 1 aliphatic heterocycles. The third-order valence-corrected chi connectivity index (χ3v) is 3.19. The first-order valence-electron chi connectivity index (χ1n) is 3.89. The molecule has 0 fully saturated rings. The van der Waals surface area contributed by atoms with E-state index in [0.717, 1.165) is 11.3 Å². The van der Waals surface area contributed by atoms with E-state index >= 15 is 0 Å². The molecule has 0 saturated carbocycles. The Labute approximate surface area is 79.4 Å². The van der Waals surface area contributed by atoms with Crippen molar-refractivity contribution in [2.75, 3.05) is 0 Å². The topological polar surface area (TPSA) is 63.1 Å². The van der Waals surface area contributed by atoms with Gasteiger partial charge in [0.1, 0.15) is 11.6 Å². The van der Waals surface area contributed by atoms with Gasteiger partial charge in [0.2, 0.25) is 0 Å². The van der Waals surface area contributed by atoms with E-state index < -0.39 is 5.97 Å². The van der Waals surface area contributed by atoms with Crippen LogP contribution in [0.4, 0.5) is 0 Å². The SMILES string of the molecule is O=C(O)[C@H]1Cc2cncnc2CS1. The number of hydrogen-bond acceptors (Lipinski definition) is 4. The maximum Gasteiger partial charge on any atom is 0.316 e. The molecule has 1 aromatic rings. The van der Waals surface area contributed by atoms with Crippen LogP contribution >= 0.6 is 11.8 Å². The van der Waals surface area contributed by atoms with E-state index in [-0.39, 0.29) is 5.25 Å². The third kappa shape index (κ3) is 1.65. The zero-order chi connectivity index (χ0) is 9.26. The number of aliphatic carboxylic acids is 1. The lowest BCUT2D eigenvalue weighted by atomic mass is 10.1. The first-order valence-corrected chi connectivity index (χ1v) is 4.94. The Kier molecular flexibility index (Phi) is 2.18. The van der Waals surface area contributed by atoms with Crippen LogP contribution in [0.5, 0.6) is 0 Å². The highest BCUT2D eigenvalue weighted by Crippen LogP contribution is 2.28. The van der Waals surface area contributed by atoms with E-state index in [0.29, 0.717) is 12.2 Å². The number of carboxylic acids is 1. The summed E-state index contributed by atoms with van der Waals surface area (Å²) in [5, 5.41) is 8.47. The number of aromatic nitrogens is 2. The Morgan fingerprint density at radius 2 is 2.54 bits per heavy atom. The molecule has 4 nitrogen and oxygen atoms in total. The molecule has 1 N–H and O–H groups in total. The lowest BCUT2D eigenvalue weighted by Crippen LogP contribution is -2.24. The molecule has 0 radical (unpaired) electrons. The summed E-state index contributed by atoms with van der Waals surface area (Å²) in [5.74, 6) is -0.0750. The van der Waals surface area contributed by atoms with Gasteiger partial charge in [0.05, 0.1) is 5.69 Å². The van der Waals surface area contributed by atoms with Crippen LogP contribution in [-0.2, 0) is 17.0 Å². The number of carbonyl (C=O) groups is 1. The van der Waals surface area contributed by atoms with Gasteiger partial charge in [-0.2, -0.15) is 0 Å². The van der Waals surface area contributed by atoms with Crippen molar-refractivity contribution in [3.05, 3.63) is 23.8 Å². The number of hydrogen-bond donors (Lipinski definition) is 1. The zero-order valence-corrected chi connectivity index (χ0v) is 7.62. The summed E-state index contributed by atoms with van der Waals surface area (Å²) in [7, 11) is 0. The van der Waals surface area contributed by atoms with Gasteiger partial charge in [-0.25, -0.2) is 9.97 Å². The first-order chi connectivity index (χ1) is 6.27. The lowest BCUT2D eigenvalue weighted by molar-refractivity contribution is -0.136. The van der Waals surface area contributed by atoms with Crippen LogP contribution in [0.2, 0.25) is 0 Å². The molecule has 13 heavy (non-hydrogen) atoms. The van der Waals surface area contributed by atoms with Gasteiger partial charge in [0.25, 0.3) is 0 Å². The van der Waals surface area contributed by atoms with E-state index in [1.54, 1.807) is 6.20 Å². The minimum absolute atomic E-state index is 0.335. The van der Waals surface area contributed by atoms with Gasteiger partial charge in [-0.05, 0) is 12.0 Å². The van der Waals surface area contributed by atoms with Crippen molar-refractivity contribution in [1.29, 1.82) is 0 Å². The van der Waals surface area contributed by atoms with Gasteiger partial charge < -0.3 is 5.11 Å². The Hall–Kier alpha value is -1.10. The van der Waals surface area contributed by atoms with Crippen LogP contribution in [0, 0.1) is 0 Å². The highest BCUT2D eigenvalue weighted by molar-refractivity contribution is 7.99. The molecule has 2 heterocycles. The van der Waals surface area contributed by atoms with Crippen molar-refractivity contribution < 1.29 is 9.90 Å². The van der Waals surface area contributed by atoms with Crippen LogP contribution in [0.3, 0.4) is 0 Å². The molecular weight excluding hydrogens is 188 g/mol. The van der Waals surface area contributed by atoms with E-state index in [2.05, 4.69) is 9.97 Å². The number of rotatable bonds is 1. The van der Waals surface area contributed by atoms with Crippen LogP contribution in [0.15, 0.2) is 12.5 Å². The summed E-state index contributed by atoms with van der Waals surface area (Å²) in [6, 6.07) is 0. The Morgan fingerprint density at radius 3 is 3.31 bits per heavy atom. The molecule has 0 saturated heterocycles. The zero-order valence-electron chi connectivity index (χ0n) is 6.80. The smallest absolute Gasteiger partial charge is 0.316 e. The minimum atomic E-state index is -0.750. The Bertz CT molecular complexity index is 343. The lowest BCUT2D eigenvalue weighted by Gasteiger charge is -2.19. The van der Waals surface area contributed by atoms with Gasteiger partial charge in [0.15, 0.2) is 0 Å². The van der Waals surface area contributed by atoms with Crippen molar-refractivity contribution in [3.63, 3.8) is 0 Å². The van der Waals surface area contributed by atoms with E-state index in [4.69, 9.17) is 5.11 Å². The maximum atomic E-state index is 10.7. The summed E-state index contributed by atoms with van der Waals surface area (Å²) < 4.78 is 0. The van der Waals surface area contributed by atoms with Gasteiger partial charge in [-0.1, -0.05) is 0 Å². The molecular formula is C8H8N2O2S. The third-order valence-electron chi connectivity index (χ3n) is 1.98. The molecule has 2 rings (SSSR count). The number of carboxylic acid groups (broad SMARTS) is 1. The van der Waals surface area contributed by atoms with Gasteiger partial charge in [0, 0.05) is 11.9 Å². The van der Waals surface area contributed by atoms with E-state index in [1.807, 2.05) is 0 Å². The highest BCUT2D eigenvalue weighted by atomic mass is 32.2. The van der Waals surface area contributed by atoms with Gasteiger partial charge >= 0.3 is 5.97 Å². The number of nitrogens with zero attached hydrogens (tertiary/aromatic N) is 2. The Balaban J connectivity index is 2.24. The fourth-order valence-corrected chi connectivity index (χ4v) is 2.34. The summed E-state index contributed by atoms with van der Waals surface area (Å²) in [4.78, 5) is 18.7. The second-order valence-electron chi connectivity index (χ2n) is 2.84. The number of thioether (sulfide) groups is 1. The normalized spacial score (nSPS) is 20.8. The molecule has 1 aromatic heterocycles. The largest absolute Gasteiger partial charge is 0.480 e. The predicted molar refractivity (Wildman–Crippen MR) is 48.5 cm³/mol. The average molecular weight is 196 g/mol. The summed E-state index contributed by atoms with van der Waals surface area (Å²) in [6.07, 6.45) is 3.74. The average Bonchev–Trinajstić information content (AvgIpc) is 2.17. The van der Waals surface area contributed by atoms with E-state index in [9.17, 15) is 4.79 Å². The monoisotopic (exact) mass is 196 g/mol. The molecule has 0 unspecified atom stereocenters. The van der Waals surface area contributed by atoms with Crippen LogP contribution in [-0.4, -0.2) is 26.3 Å². The van der Waals surface area contributed by atoms with Crippen molar-refractivity contribution in [2.45, 2.75) is 17.4 Å². The molecule has 0 amide bonds. The Morgan fingerprint density at radius 1 is 1.69 bits per heavy atom. The van der Waals surface area contributed by atoms with Crippen molar-refractivity contribution in [3.8, 4) is 0 Å². The molecule has 0 spiro atoms. The standard InChI is InChI=1S/C8H8N2O2S/c11-8(12)7-1-5-2-9-4-10-6(5)3-13-7/h2,4,7H,1,3H2,(H,11,12)/t7-/m1/s1. The number of fused-ring (bicyclic) bond motifs is 1. The second kappa shape index (κ2) is 3.33. The highest BCUT2D eigenvalue weighted by Gasteiger charge is 2.25. The fraction of sp³-hybridized carbons (Fsp3) is 0.375. The second-order valence-corrected chi connectivity index (χ2v) is 4.03. The maximum absolute atomic E-state index is 10.7. The van der Waals surface area contributed by atoms with E-state index in [1.165, 1.54) is 18.1 Å². The molecule has 5 heteroatoms. The van der Waals surface area contributed by atoms with Gasteiger partial charge in [-0.15, -0.1) is 11.8 Å². The molecule has 0 bridgehead atoms. The van der Waals surface area contributed by atoms with Crippen molar-refractivity contribution >= 4 is 17.7 Å². The van der Waals surface area contributed by atoms with Crippen LogP contribution in [0.1, 0.15) is 11.3 Å². The molecule has 1 atom stereocenters. The first kappa shape index (κ1) is 8.50. The van der Waals surface area contributed by atoms with Gasteiger partial charge in [-0.3, -0.25) is 4.79 Å².